The first kappa shape index (κ1) is 23.5. The van der Waals surface area contributed by atoms with Gasteiger partial charge in [0, 0.05) is 10.7 Å². The number of hydrogen-bond acceptors (Lipinski definition) is 6. The number of carbonyl (C=O) groups excluding carboxylic acids is 1. The molecule has 0 aliphatic rings. The summed E-state index contributed by atoms with van der Waals surface area (Å²) in [6.45, 7) is -0.446. The van der Waals surface area contributed by atoms with Crippen LogP contribution in [0.1, 0.15) is 0 Å². The summed E-state index contributed by atoms with van der Waals surface area (Å²) in [4.78, 5) is 12.2. The van der Waals surface area contributed by atoms with E-state index in [-0.39, 0.29) is 26.3 Å². The van der Waals surface area contributed by atoms with Crippen LogP contribution in [-0.2, 0) is 24.8 Å². The van der Waals surface area contributed by atoms with E-state index in [9.17, 15) is 21.6 Å². The van der Waals surface area contributed by atoms with E-state index in [2.05, 4.69) is 10.0 Å². The summed E-state index contributed by atoms with van der Waals surface area (Å²) < 4.78 is 55.6. The summed E-state index contributed by atoms with van der Waals surface area (Å²) in [5.41, 5.74) is 0.388. The first-order valence-electron chi connectivity index (χ1n) is 8.97. The number of benzene rings is 3. The van der Waals surface area contributed by atoms with Crippen molar-refractivity contribution in [2.75, 3.05) is 16.6 Å². The van der Waals surface area contributed by atoms with Crippen LogP contribution in [0.2, 0.25) is 5.02 Å². The number of primary sulfonamides is 1. The zero-order valence-electron chi connectivity index (χ0n) is 16.4. The Morgan fingerprint density at radius 2 is 1.56 bits per heavy atom. The molecular formula is C20H18ClN3O6S2. The number of sulfonamides is 2. The van der Waals surface area contributed by atoms with Gasteiger partial charge in [0.2, 0.25) is 10.0 Å². The summed E-state index contributed by atoms with van der Waals surface area (Å²) in [7, 11) is -7.75. The minimum absolute atomic E-state index is 0.0478. The average Bonchev–Trinajstić information content (AvgIpc) is 2.73. The van der Waals surface area contributed by atoms with Crippen molar-refractivity contribution < 1.29 is 26.4 Å². The van der Waals surface area contributed by atoms with Gasteiger partial charge in [-0.15, -0.1) is 0 Å². The number of nitrogens with two attached hydrogens (primary N) is 1. The van der Waals surface area contributed by atoms with E-state index in [4.69, 9.17) is 21.5 Å². The Balaban J connectivity index is 1.69. The summed E-state index contributed by atoms with van der Waals surface area (Å²) in [5.74, 6) is -0.464. The van der Waals surface area contributed by atoms with Crippen molar-refractivity contribution in [2.45, 2.75) is 9.79 Å². The van der Waals surface area contributed by atoms with Gasteiger partial charge in [0.1, 0.15) is 5.75 Å². The number of carbonyl (C=O) groups is 1. The molecule has 0 aliphatic heterocycles. The van der Waals surface area contributed by atoms with Gasteiger partial charge in [0.25, 0.3) is 15.9 Å². The molecule has 4 N–H and O–H groups in total. The molecule has 168 valence electrons. The second kappa shape index (κ2) is 9.57. The first-order chi connectivity index (χ1) is 15.0. The third kappa shape index (κ3) is 6.20. The largest absolute Gasteiger partial charge is 0.482 e. The number of amides is 1. The van der Waals surface area contributed by atoms with Crippen molar-refractivity contribution in [3.8, 4) is 5.75 Å². The van der Waals surface area contributed by atoms with Crippen LogP contribution in [0.3, 0.4) is 0 Å². The van der Waals surface area contributed by atoms with Gasteiger partial charge in [0.15, 0.2) is 6.61 Å². The number of rotatable bonds is 8. The lowest BCUT2D eigenvalue weighted by Gasteiger charge is -2.14. The van der Waals surface area contributed by atoms with Crippen molar-refractivity contribution in [3.05, 3.63) is 77.8 Å². The summed E-state index contributed by atoms with van der Waals surface area (Å²) >= 11 is 5.99. The lowest BCUT2D eigenvalue weighted by molar-refractivity contribution is -0.118. The molecule has 0 aromatic heterocycles. The molecule has 12 heteroatoms. The summed E-state index contributed by atoms with van der Waals surface area (Å²) in [6.07, 6.45) is 0. The smallest absolute Gasteiger partial charge is 0.262 e. The van der Waals surface area contributed by atoms with Gasteiger partial charge in [0.05, 0.1) is 15.5 Å². The van der Waals surface area contributed by atoms with Crippen molar-refractivity contribution in [1.82, 2.24) is 0 Å². The molecule has 0 radical (unpaired) electrons. The van der Waals surface area contributed by atoms with Crippen LogP contribution in [0.15, 0.2) is 82.6 Å². The van der Waals surface area contributed by atoms with E-state index in [0.29, 0.717) is 5.69 Å². The van der Waals surface area contributed by atoms with Crippen LogP contribution in [0.4, 0.5) is 11.4 Å². The predicted octanol–water partition coefficient (Wildman–Crippen LogP) is 2.81. The highest BCUT2D eigenvalue weighted by molar-refractivity contribution is 7.92. The Bertz CT molecular complexity index is 1330. The zero-order chi connectivity index (χ0) is 23.4. The van der Waals surface area contributed by atoms with Crippen LogP contribution in [0.5, 0.6) is 5.75 Å². The highest BCUT2D eigenvalue weighted by atomic mass is 35.5. The number of hydrogen-bond donors (Lipinski definition) is 3. The average molecular weight is 496 g/mol. The quantitative estimate of drug-likeness (QED) is 0.438. The Morgan fingerprint density at radius 3 is 2.19 bits per heavy atom. The lowest BCUT2D eigenvalue weighted by Crippen LogP contribution is -2.21. The van der Waals surface area contributed by atoms with Gasteiger partial charge in [-0.1, -0.05) is 29.8 Å². The van der Waals surface area contributed by atoms with E-state index in [1.165, 1.54) is 54.6 Å². The van der Waals surface area contributed by atoms with E-state index < -0.39 is 32.6 Å². The molecule has 0 spiro atoms. The Labute approximate surface area is 190 Å². The number of ether oxygens (including phenoxy) is 1. The van der Waals surface area contributed by atoms with Crippen molar-refractivity contribution in [3.63, 3.8) is 0 Å². The molecule has 0 fully saturated rings. The van der Waals surface area contributed by atoms with Gasteiger partial charge >= 0.3 is 0 Å². The number of nitrogens with one attached hydrogen (secondary N) is 2. The van der Waals surface area contributed by atoms with Crippen LogP contribution >= 0.6 is 11.6 Å². The fourth-order valence-corrected chi connectivity index (χ4v) is 4.35. The van der Waals surface area contributed by atoms with Crippen molar-refractivity contribution >= 4 is 48.9 Å². The zero-order valence-corrected chi connectivity index (χ0v) is 18.7. The predicted molar refractivity (Wildman–Crippen MR) is 121 cm³/mol. The summed E-state index contributed by atoms with van der Waals surface area (Å²) in [5, 5.41) is 7.83. The van der Waals surface area contributed by atoms with E-state index in [0.717, 1.165) is 0 Å². The second-order valence-electron chi connectivity index (χ2n) is 6.47. The lowest BCUT2D eigenvalue weighted by atomic mass is 10.3. The normalized spacial score (nSPS) is 11.6. The molecule has 3 aromatic carbocycles. The van der Waals surface area contributed by atoms with Crippen LogP contribution in [0, 0.1) is 0 Å². The summed E-state index contributed by atoms with van der Waals surface area (Å²) in [6, 6.07) is 17.3. The van der Waals surface area contributed by atoms with Gasteiger partial charge in [-0.3, -0.25) is 9.52 Å². The molecule has 0 saturated heterocycles. The first-order valence-corrected chi connectivity index (χ1v) is 12.4. The van der Waals surface area contributed by atoms with Crippen LogP contribution in [0.25, 0.3) is 0 Å². The topological polar surface area (TPSA) is 145 Å². The van der Waals surface area contributed by atoms with E-state index in [1.54, 1.807) is 18.2 Å². The number of anilines is 2. The fraction of sp³-hybridized carbons (Fsp3) is 0.0500. The molecular weight excluding hydrogens is 478 g/mol. The molecule has 0 bridgehead atoms. The molecule has 0 aliphatic carbocycles. The minimum atomic E-state index is -3.90. The Kier molecular flexibility index (Phi) is 7.04. The molecule has 3 rings (SSSR count). The monoisotopic (exact) mass is 495 g/mol. The third-order valence-corrected chi connectivity index (χ3v) is 6.61. The van der Waals surface area contributed by atoms with Crippen LogP contribution in [-0.4, -0.2) is 29.3 Å². The highest BCUT2D eigenvalue weighted by Gasteiger charge is 2.17. The van der Waals surface area contributed by atoms with Crippen LogP contribution < -0.4 is 19.9 Å². The SMILES string of the molecule is NS(=O)(=O)c1ccc(NC(=O)COc2ccc(Cl)cc2NS(=O)(=O)c2ccccc2)cc1. The molecule has 0 heterocycles. The molecule has 9 nitrogen and oxygen atoms in total. The van der Waals surface area contributed by atoms with Gasteiger partial charge < -0.3 is 10.1 Å². The number of halogens is 1. The second-order valence-corrected chi connectivity index (χ2v) is 10.1. The molecule has 1 amide bonds. The van der Waals surface area contributed by atoms with E-state index in [1.807, 2.05) is 0 Å². The standard InChI is InChI=1S/C20H18ClN3O6S2/c21-14-6-11-19(18(12-14)24-32(28,29)17-4-2-1-3-5-17)30-13-20(25)23-15-7-9-16(10-8-15)31(22,26)27/h1-12,24H,13H2,(H,23,25)(H2,22,26,27). The van der Waals surface area contributed by atoms with E-state index >= 15 is 0 Å². The highest BCUT2D eigenvalue weighted by Crippen LogP contribution is 2.30. The molecule has 32 heavy (non-hydrogen) atoms. The molecule has 0 atom stereocenters. The maximum Gasteiger partial charge on any atom is 0.262 e. The van der Waals surface area contributed by atoms with Crippen molar-refractivity contribution in [2.24, 2.45) is 5.14 Å². The van der Waals surface area contributed by atoms with Gasteiger partial charge in [-0.25, -0.2) is 22.0 Å². The van der Waals surface area contributed by atoms with Gasteiger partial charge in [-0.05, 0) is 54.6 Å². The molecule has 3 aromatic rings. The molecule has 0 unspecified atom stereocenters. The molecule has 0 saturated carbocycles. The fourth-order valence-electron chi connectivity index (χ4n) is 2.58. The minimum Gasteiger partial charge on any atom is -0.482 e. The van der Waals surface area contributed by atoms with Crippen molar-refractivity contribution in [1.29, 1.82) is 0 Å². The maximum atomic E-state index is 12.6. The van der Waals surface area contributed by atoms with Gasteiger partial charge in [-0.2, -0.15) is 0 Å². The maximum absolute atomic E-state index is 12.6. The Morgan fingerprint density at radius 1 is 0.906 bits per heavy atom. The Hall–Kier alpha value is -3.12. The third-order valence-electron chi connectivity index (χ3n) is 4.06.